The van der Waals surface area contributed by atoms with E-state index in [2.05, 4.69) is 71.3 Å². The van der Waals surface area contributed by atoms with Crippen LogP contribution in [0.4, 0.5) is 0 Å². The van der Waals surface area contributed by atoms with E-state index < -0.39 is 0 Å². The Bertz CT molecular complexity index is 646. The molecule has 2 atom stereocenters. The molecule has 1 saturated heterocycles. The highest BCUT2D eigenvalue weighted by Gasteiger charge is 2.32. The van der Waals surface area contributed by atoms with E-state index in [1.165, 1.54) is 43.2 Å². The van der Waals surface area contributed by atoms with Crippen molar-refractivity contribution in [1.29, 1.82) is 0 Å². The van der Waals surface area contributed by atoms with Crippen LogP contribution in [0.1, 0.15) is 55.3 Å². The van der Waals surface area contributed by atoms with E-state index in [-0.39, 0.29) is 24.5 Å². The molecule has 0 bridgehead atoms. The Balaban J connectivity index is 0.00000196. The number of hydrogen-bond acceptors (Lipinski definition) is 1. The van der Waals surface area contributed by atoms with Crippen LogP contribution in [0.5, 0.6) is 0 Å². The summed E-state index contributed by atoms with van der Waals surface area (Å²) in [5.74, 6) is 1.71. The van der Waals surface area contributed by atoms with Crippen molar-refractivity contribution >= 4 is 18.4 Å². The fourth-order valence-corrected chi connectivity index (χ4v) is 4.06. The molecule has 1 aliphatic carbocycles. The van der Waals surface area contributed by atoms with E-state index in [9.17, 15) is 0 Å². The maximum Gasteiger partial charge on any atom is 0.192 e. The first-order chi connectivity index (χ1) is 12.4. The van der Waals surface area contributed by atoms with Crippen LogP contribution in [0.15, 0.2) is 65.7 Å². The summed E-state index contributed by atoms with van der Waals surface area (Å²) >= 11 is 0. The molecule has 2 aromatic rings. The van der Waals surface area contributed by atoms with Crippen LogP contribution in [0.25, 0.3) is 0 Å². The largest absolute Gasteiger partial charge is 0.347 e. The molecule has 2 aliphatic rings. The third-order valence-corrected chi connectivity index (χ3v) is 5.47. The van der Waals surface area contributed by atoms with Gasteiger partial charge in [-0.25, -0.2) is 0 Å². The molecule has 1 aliphatic heterocycles. The molecule has 4 heteroatoms. The minimum atomic E-state index is 0. The van der Waals surface area contributed by atoms with Gasteiger partial charge in [0.15, 0.2) is 5.96 Å². The van der Waals surface area contributed by atoms with E-state index in [4.69, 9.17) is 4.99 Å². The Hall–Kier alpha value is -2.00. The fraction of sp³-hybridized carbons (Fsp3) is 0.409. The van der Waals surface area contributed by atoms with Crippen LogP contribution in [0.2, 0.25) is 0 Å². The van der Waals surface area contributed by atoms with Crippen LogP contribution < -0.4 is 10.6 Å². The summed E-state index contributed by atoms with van der Waals surface area (Å²) in [5, 5.41) is 7.27. The standard InChI is InChI=1S/C22H27N3.ClH/c1-4-10-17(11-5-1)16-23-22-24-20(18-12-6-2-7-13-18)21(25-22)19-14-8-3-9-15-19;/h2-3,6-9,12-15,17,20-21H,1,4-5,10-11,16H2,(H2,23,24,25);1H/t20-,21+;. The van der Waals surface area contributed by atoms with Crippen molar-refractivity contribution in [2.45, 2.75) is 44.2 Å². The summed E-state index contributed by atoms with van der Waals surface area (Å²) in [4.78, 5) is 4.89. The van der Waals surface area contributed by atoms with E-state index in [1.54, 1.807) is 0 Å². The van der Waals surface area contributed by atoms with Crippen molar-refractivity contribution < 1.29 is 0 Å². The second kappa shape index (κ2) is 9.09. The lowest BCUT2D eigenvalue weighted by Crippen LogP contribution is -2.26. The smallest absolute Gasteiger partial charge is 0.192 e. The average Bonchev–Trinajstić information content (AvgIpc) is 3.13. The monoisotopic (exact) mass is 369 g/mol. The summed E-state index contributed by atoms with van der Waals surface area (Å²) in [7, 11) is 0. The molecule has 2 fully saturated rings. The van der Waals surface area contributed by atoms with Gasteiger partial charge in [0.25, 0.3) is 0 Å². The summed E-state index contributed by atoms with van der Waals surface area (Å²) < 4.78 is 0. The molecule has 0 aromatic heterocycles. The first kappa shape index (κ1) is 18.8. The summed E-state index contributed by atoms with van der Waals surface area (Å²) in [6, 6.07) is 21.8. The molecule has 0 unspecified atom stereocenters. The van der Waals surface area contributed by atoms with Crippen LogP contribution in [-0.2, 0) is 0 Å². The predicted octanol–water partition coefficient (Wildman–Crippen LogP) is 5.02. The molecule has 138 valence electrons. The highest BCUT2D eigenvalue weighted by atomic mass is 35.5. The second-order valence-corrected chi connectivity index (χ2v) is 7.26. The van der Waals surface area contributed by atoms with Gasteiger partial charge in [-0.1, -0.05) is 79.9 Å². The number of hydrogen-bond donors (Lipinski definition) is 2. The molecule has 0 spiro atoms. The lowest BCUT2D eigenvalue weighted by molar-refractivity contribution is 0.366. The lowest BCUT2D eigenvalue weighted by Gasteiger charge is -2.19. The number of nitrogens with zero attached hydrogens (tertiary/aromatic N) is 1. The van der Waals surface area contributed by atoms with Gasteiger partial charge in [-0.3, -0.25) is 4.99 Å². The highest BCUT2D eigenvalue weighted by molar-refractivity contribution is 5.85. The van der Waals surface area contributed by atoms with Crippen molar-refractivity contribution in [1.82, 2.24) is 10.6 Å². The van der Waals surface area contributed by atoms with Crippen LogP contribution in [-0.4, -0.2) is 12.5 Å². The zero-order valence-electron chi connectivity index (χ0n) is 15.1. The Labute approximate surface area is 162 Å². The van der Waals surface area contributed by atoms with Gasteiger partial charge < -0.3 is 10.6 Å². The van der Waals surface area contributed by atoms with E-state index in [0.717, 1.165) is 18.4 Å². The molecule has 3 nitrogen and oxygen atoms in total. The van der Waals surface area contributed by atoms with Gasteiger partial charge in [-0.05, 0) is 29.9 Å². The van der Waals surface area contributed by atoms with Crippen LogP contribution in [0, 0.1) is 5.92 Å². The lowest BCUT2D eigenvalue weighted by atomic mass is 9.89. The van der Waals surface area contributed by atoms with Gasteiger partial charge in [-0.2, -0.15) is 0 Å². The number of guanidine groups is 1. The molecular formula is C22H28ClN3. The number of nitrogens with one attached hydrogen (secondary N) is 2. The van der Waals surface area contributed by atoms with E-state index in [1.807, 2.05) is 0 Å². The molecule has 0 amide bonds. The Kier molecular flexibility index (Phi) is 6.56. The predicted molar refractivity (Wildman–Crippen MR) is 111 cm³/mol. The minimum absolute atomic E-state index is 0. The first-order valence-corrected chi connectivity index (χ1v) is 9.57. The Morgan fingerprint density at radius 2 is 1.23 bits per heavy atom. The van der Waals surface area contributed by atoms with Gasteiger partial charge in [0.2, 0.25) is 0 Å². The van der Waals surface area contributed by atoms with E-state index in [0.29, 0.717) is 0 Å². The minimum Gasteiger partial charge on any atom is -0.347 e. The quantitative estimate of drug-likeness (QED) is 0.793. The number of benzene rings is 2. The van der Waals surface area contributed by atoms with Crippen molar-refractivity contribution in [3.8, 4) is 0 Å². The summed E-state index contributed by atoms with van der Waals surface area (Å²) in [6.45, 7) is 0.943. The summed E-state index contributed by atoms with van der Waals surface area (Å²) in [5.41, 5.74) is 2.60. The van der Waals surface area contributed by atoms with Crippen molar-refractivity contribution in [3.63, 3.8) is 0 Å². The number of halogens is 1. The summed E-state index contributed by atoms with van der Waals surface area (Å²) in [6.07, 6.45) is 6.81. The van der Waals surface area contributed by atoms with Gasteiger partial charge in [0.1, 0.15) is 0 Å². The zero-order chi connectivity index (χ0) is 16.9. The maximum absolute atomic E-state index is 4.89. The fourth-order valence-electron chi connectivity index (χ4n) is 4.06. The van der Waals surface area contributed by atoms with Crippen LogP contribution in [0.3, 0.4) is 0 Å². The molecule has 2 N–H and O–H groups in total. The van der Waals surface area contributed by atoms with Crippen LogP contribution >= 0.6 is 12.4 Å². The molecule has 0 radical (unpaired) electrons. The van der Waals surface area contributed by atoms with Gasteiger partial charge in [0, 0.05) is 6.54 Å². The first-order valence-electron chi connectivity index (χ1n) is 9.57. The Morgan fingerprint density at radius 1 is 0.731 bits per heavy atom. The van der Waals surface area contributed by atoms with Gasteiger partial charge >= 0.3 is 0 Å². The molecule has 1 heterocycles. The molecular weight excluding hydrogens is 342 g/mol. The third kappa shape index (κ3) is 4.39. The number of aliphatic imine (C=N–C) groups is 1. The second-order valence-electron chi connectivity index (χ2n) is 7.26. The van der Waals surface area contributed by atoms with Crippen molar-refractivity contribution in [2.24, 2.45) is 10.9 Å². The van der Waals surface area contributed by atoms with Crippen molar-refractivity contribution in [3.05, 3.63) is 71.8 Å². The normalized spacial score (nSPS) is 24.5. The molecule has 1 saturated carbocycles. The average molecular weight is 370 g/mol. The van der Waals surface area contributed by atoms with Gasteiger partial charge in [0.05, 0.1) is 12.1 Å². The SMILES string of the molecule is Cl.c1ccc([C@H]2NC(=NCC3CCCCC3)N[C@H]2c2ccccc2)cc1. The molecule has 2 aromatic carbocycles. The topological polar surface area (TPSA) is 36.4 Å². The zero-order valence-corrected chi connectivity index (χ0v) is 15.9. The van der Waals surface area contributed by atoms with E-state index >= 15 is 0 Å². The molecule has 26 heavy (non-hydrogen) atoms. The third-order valence-electron chi connectivity index (χ3n) is 5.47. The maximum atomic E-state index is 4.89. The van der Waals surface area contributed by atoms with Gasteiger partial charge in [-0.15, -0.1) is 12.4 Å². The van der Waals surface area contributed by atoms with Crippen molar-refractivity contribution in [2.75, 3.05) is 6.54 Å². The Morgan fingerprint density at radius 3 is 1.73 bits per heavy atom. The molecule has 4 rings (SSSR count). The number of rotatable bonds is 4. The highest BCUT2D eigenvalue weighted by Crippen LogP contribution is 2.32.